The van der Waals surface area contributed by atoms with Gasteiger partial charge in [0.2, 0.25) is 5.89 Å². The molecule has 21 heavy (non-hydrogen) atoms. The van der Waals surface area contributed by atoms with E-state index >= 15 is 0 Å². The van der Waals surface area contributed by atoms with Crippen LogP contribution < -0.4 is 5.32 Å². The van der Waals surface area contributed by atoms with Crippen LogP contribution in [0.5, 0.6) is 0 Å². The highest BCUT2D eigenvalue weighted by atomic mass is 32.2. The maximum absolute atomic E-state index is 5.58. The number of thioether (sulfide) groups is 1. The fourth-order valence-electron chi connectivity index (χ4n) is 3.16. The lowest BCUT2D eigenvalue weighted by Gasteiger charge is -2.24. The van der Waals surface area contributed by atoms with Gasteiger partial charge in [0.15, 0.2) is 5.82 Å². The molecule has 0 bridgehead atoms. The lowest BCUT2D eigenvalue weighted by molar-refractivity contribution is 0.339. The molecule has 4 rings (SSSR count). The standard InChI is InChI=1S/C16H19N3OS/c1-2-6-12-11(5-1)8-9-17-14(12)16-18-15(19-20-16)13-7-3-4-10-21-13/h1-2,5-6,13-14,17H,3-4,7-10H2. The maximum atomic E-state index is 5.58. The van der Waals surface area contributed by atoms with Crippen molar-refractivity contribution >= 4 is 11.8 Å². The molecule has 1 N–H and O–H groups in total. The molecular formula is C16H19N3OS. The highest BCUT2D eigenvalue weighted by molar-refractivity contribution is 7.99. The van der Waals surface area contributed by atoms with Gasteiger partial charge in [0.1, 0.15) is 6.04 Å². The van der Waals surface area contributed by atoms with E-state index in [-0.39, 0.29) is 6.04 Å². The predicted octanol–water partition coefficient (Wildman–Crippen LogP) is 3.26. The Hall–Kier alpha value is -1.33. The van der Waals surface area contributed by atoms with Gasteiger partial charge in [-0.1, -0.05) is 35.8 Å². The third-order valence-corrected chi connectivity index (χ3v) is 5.65. The van der Waals surface area contributed by atoms with Crippen molar-refractivity contribution in [1.82, 2.24) is 15.5 Å². The van der Waals surface area contributed by atoms with Crippen molar-refractivity contribution in [2.45, 2.75) is 37.0 Å². The van der Waals surface area contributed by atoms with Crippen LogP contribution in [0.25, 0.3) is 0 Å². The summed E-state index contributed by atoms with van der Waals surface area (Å²) >= 11 is 1.96. The van der Waals surface area contributed by atoms with Gasteiger partial charge in [-0.05, 0) is 36.1 Å². The van der Waals surface area contributed by atoms with Gasteiger partial charge in [0.25, 0.3) is 0 Å². The molecule has 0 amide bonds. The van der Waals surface area contributed by atoms with Crippen LogP contribution in [0, 0.1) is 0 Å². The van der Waals surface area contributed by atoms with Crippen molar-refractivity contribution in [2.24, 2.45) is 0 Å². The van der Waals surface area contributed by atoms with Crippen LogP contribution in [0.15, 0.2) is 28.8 Å². The Morgan fingerprint density at radius 1 is 1.24 bits per heavy atom. The average Bonchev–Trinajstić information content (AvgIpc) is 3.05. The van der Waals surface area contributed by atoms with Crippen LogP contribution >= 0.6 is 11.8 Å². The Morgan fingerprint density at radius 3 is 3.10 bits per heavy atom. The van der Waals surface area contributed by atoms with Gasteiger partial charge in [-0.2, -0.15) is 16.7 Å². The molecule has 4 nitrogen and oxygen atoms in total. The van der Waals surface area contributed by atoms with E-state index in [1.54, 1.807) is 0 Å². The van der Waals surface area contributed by atoms with Gasteiger partial charge in [0, 0.05) is 6.54 Å². The molecule has 1 aromatic carbocycles. The SMILES string of the molecule is c1ccc2c(c1)CCNC2c1nc(C2CCCCS2)no1. The van der Waals surface area contributed by atoms with Gasteiger partial charge >= 0.3 is 0 Å². The zero-order chi connectivity index (χ0) is 14.1. The molecule has 0 spiro atoms. The van der Waals surface area contributed by atoms with E-state index in [9.17, 15) is 0 Å². The zero-order valence-corrected chi connectivity index (χ0v) is 12.7. The molecule has 2 aromatic rings. The lowest BCUT2D eigenvalue weighted by Crippen LogP contribution is -2.30. The minimum Gasteiger partial charge on any atom is -0.337 e. The molecule has 0 radical (unpaired) electrons. The molecule has 2 aliphatic rings. The first kappa shape index (κ1) is 13.3. The molecule has 110 valence electrons. The summed E-state index contributed by atoms with van der Waals surface area (Å²) in [5.41, 5.74) is 2.66. The Kier molecular flexibility index (Phi) is 3.69. The smallest absolute Gasteiger partial charge is 0.248 e. The van der Waals surface area contributed by atoms with Crippen LogP contribution in [0.1, 0.15) is 53.4 Å². The molecule has 0 aliphatic carbocycles. The summed E-state index contributed by atoms with van der Waals surface area (Å²) in [6, 6.07) is 8.57. The number of hydrogen-bond donors (Lipinski definition) is 1. The van der Waals surface area contributed by atoms with Gasteiger partial charge in [-0.3, -0.25) is 0 Å². The molecule has 2 unspecified atom stereocenters. The summed E-state index contributed by atoms with van der Waals surface area (Å²) in [5, 5.41) is 8.16. The lowest BCUT2D eigenvalue weighted by atomic mass is 9.94. The van der Waals surface area contributed by atoms with Crippen molar-refractivity contribution in [3.8, 4) is 0 Å². The molecule has 1 fully saturated rings. The monoisotopic (exact) mass is 301 g/mol. The summed E-state index contributed by atoms with van der Waals surface area (Å²) in [6.07, 6.45) is 4.81. The summed E-state index contributed by atoms with van der Waals surface area (Å²) in [7, 11) is 0. The first-order chi connectivity index (χ1) is 10.4. The zero-order valence-electron chi connectivity index (χ0n) is 11.9. The van der Waals surface area contributed by atoms with Gasteiger partial charge in [-0.15, -0.1) is 0 Å². The summed E-state index contributed by atoms with van der Waals surface area (Å²) < 4.78 is 5.58. The largest absolute Gasteiger partial charge is 0.337 e. The third kappa shape index (κ3) is 2.60. The number of nitrogens with zero attached hydrogens (tertiary/aromatic N) is 2. The fourth-order valence-corrected chi connectivity index (χ4v) is 4.40. The maximum Gasteiger partial charge on any atom is 0.248 e. The highest BCUT2D eigenvalue weighted by Gasteiger charge is 2.28. The fraction of sp³-hybridized carbons (Fsp3) is 0.500. The van der Waals surface area contributed by atoms with Crippen molar-refractivity contribution in [3.05, 3.63) is 47.1 Å². The first-order valence-electron chi connectivity index (χ1n) is 7.68. The Bertz CT molecular complexity index is 621. The summed E-state index contributed by atoms with van der Waals surface area (Å²) in [4.78, 5) is 4.70. The van der Waals surface area contributed by atoms with Crippen LogP contribution in [0.2, 0.25) is 0 Å². The van der Waals surface area contributed by atoms with Crippen molar-refractivity contribution in [3.63, 3.8) is 0 Å². The minimum absolute atomic E-state index is 0.0461. The second-order valence-corrected chi connectivity index (χ2v) is 6.99. The molecular weight excluding hydrogens is 282 g/mol. The minimum atomic E-state index is 0.0461. The third-order valence-electron chi connectivity index (χ3n) is 4.28. The van der Waals surface area contributed by atoms with E-state index in [0.717, 1.165) is 18.8 Å². The number of aromatic nitrogens is 2. The topological polar surface area (TPSA) is 51.0 Å². The molecule has 3 heterocycles. The Morgan fingerprint density at radius 2 is 2.19 bits per heavy atom. The van der Waals surface area contributed by atoms with Crippen LogP contribution in [0.4, 0.5) is 0 Å². The predicted molar refractivity (Wildman–Crippen MR) is 83.3 cm³/mol. The number of nitrogens with one attached hydrogen (secondary N) is 1. The number of fused-ring (bicyclic) bond motifs is 1. The number of rotatable bonds is 2. The highest BCUT2D eigenvalue weighted by Crippen LogP contribution is 2.37. The van der Waals surface area contributed by atoms with Gasteiger partial charge in [0.05, 0.1) is 5.25 Å². The average molecular weight is 301 g/mol. The van der Waals surface area contributed by atoms with Crippen molar-refractivity contribution in [1.29, 1.82) is 0 Å². The summed E-state index contributed by atoms with van der Waals surface area (Å²) in [6.45, 7) is 0.956. The number of hydrogen-bond acceptors (Lipinski definition) is 5. The van der Waals surface area contributed by atoms with E-state index in [1.165, 1.54) is 36.1 Å². The van der Waals surface area contributed by atoms with Crippen LogP contribution in [-0.4, -0.2) is 22.4 Å². The van der Waals surface area contributed by atoms with Gasteiger partial charge in [-0.25, -0.2) is 0 Å². The second kappa shape index (κ2) is 5.81. The van der Waals surface area contributed by atoms with E-state index in [1.807, 2.05) is 11.8 Å². The van der Waals surface area contributed by atoms with E-state index < -0.39 is 0 Å². The molecule has 5 heteroatoms. The van der Waals surface area contributed by atoms with Crippen molar-refractivity contribution in [2.75, 3.05) is 12.3 Å². The molecule has 2 atom stereocenters. The van der Waals surface area contributed by atoms with E-state index in [2.05, 4.69) is 34.7 Å². The normalized spacial score (nSPS) is 25.5. The Balaban J connectivity index is 1.61. The molecule has 1 saturated heterocycles. The van der Waals surface area contributed by atoms with E-state index in [0.29, 0.717) is 11.1 Å². The molecule has 1 aromatic heterocycles. The van der Waals surface area contributed by atoms with E-state index in [4.69, 9.17) is 9.51 Å². The second-order valence-electron chi connectivity index (χ2n) is 5.68. The van der Waals surface area contributed by atoms with Crippen molar-refractivity contribution < 1.29 is 4.52 Å². The first-order valence-corrected chi connectivity index (χ1v) is 8.73. The van der Waals surface area contributed by atoms with Gasteiger partial charge < -0.3 is 9.84 Å². The van der Waals surface area contributed by atoms with Crippen LogP contribution in [-0.2, 0) is 6.42 Å². The molecule has 0 saturated carbocycles. The Labute approximate surface area is 128 Å². The quantitative estimate of drug-likeness (QED) is 0.922. The van der Waals surface area contributed by atoms with Crippen LogP contribution in [0.3, 0.4) is 0 Å². The summed E-state index contributed by atoms with van der Waals surface area (Å²) in [5.74, 6) is 2.79. The number of benzene rings is 1. The molecule has 2 aliphatic heterocycles.